The van der Waals surface area contributed by atoms with Gasteiger partial charge < -0.3 is 9.47 Å². The molecule has 2 aliphatic heterocycles. The Bertz CT molecular complexity index is 54.9. The Morgan fingerprint density at radius 3 is 1.12 bits per heavy atom. The number of hydrogen-bond acceptors (Lipinski definition) is 2. The van der Waals surface area contributed by atoms with Gasteiger partial charge in [0, 0.05) is 0 Å². The fourth-order valence-electron chi connectivity index (χ4n) is 0.192. The normalized spacial score (nSPS) is 39.8. The summed E-state index contributed by atoms with van der Waals surface area (Å²) in [6.07, 6.45) is 1.17. The smallest absolute Gasteiger partial charge is 0.0781 e. The van der Waals surface area contributed by atoms with Crippen molar-refractivity contribution in [3.8, 4) is 0 Å². The zero-order valence-corrected chi connectivity index (χ0v) is 5.39. The van der Waals surface area contributed by atoms with E-state index in [0.717, 1.165) is 13.2 Å². The van der Waals surface area contributed by atoms with Crippen LogP contribution in [0.5, 0.6) is 0 Å². The second kappa shape index (κ2) is 2.46. The topological polar surface area (TPSA) is 25.1 Å². The van der Waals surface area contributed by atoms with Crippen LogP contribution in [0.3, 0.4) is 0 Å². The van der Waals surface area contributed by atoms with Crippen LogP contribution in [0.15, 0.2) is 0 Å². The summed E-state index contributed by atoms with van der Waals surface area (Å²) in [4.78, 5) is 0. The molecule has 0 N–H and O–H groups in total. The predicted molar refractivity (Wildman–Crippen MR) is 30.8 cm³/mol. The molecule has 2 saturated heterocycles. The molecule has 2 heteroatoms. The SMILES string of the molecule is CC1CO1.CC1CO1. The first-order chi connectivity index (χ1) is 3.79. The lowest BCUT2D eigenvalue weighted by molar-refractivity contribution is 0.423. The Morgan fingerprint density at radius 1 is 1.00 bits per heavy atom. The molecule has 8 heavy (non-hydrogen) atoms. The maximum atomic E-state index is 4.71. The predicted octanol–water partition coefficient (Wildman–Crippen LogP) is 0.810. The quantitative estimate of drug-likeness (QED) is 0.437. The van der Waals surface area contributed by atoms with Crippen LogP contribution < -0.4 is 0 Å². The van der Waals surface area contributed by atoms with Gasteiger partial charge in [-0.25, -0.2) is 0 Å². The highest BCUT2D eigenvalue weighted by atomic mass is 16.6. The lowest BCUT2D eigenvalue weighted by atomic mass is 10.6. The molecule has 0 bridgehead atoms. The minimum Gasteiger partial charge on any atom is -0.373 e. The van der Waals surface area contributed by atoms with Gasteiger partial charge >= 0.3 is 0 Å². The molecule has 2 unspecified atom stereocenters. The summed E-state index contributed by atoms with van der Waals surface area (Å²) in [6.45, 7) is 6.08. The number of hydrogen-bond donors (Lipinski definition) is 0. The van der Waals surface area contributed by atoms with Crippen LogP contribution in [-0.2, 0) is 9.47 Å². The molecule has 48 valence electrons. The van der Waals surface area contributed by atoms with E-state index in [2.05, 4.69) is 13.8 Å². The minimum absolute atomic E-state index is 0.583. The molecule has 0 radical (unpaired) electrons. The van der Waals surface area contributed by atoms with Crippen molar-refractivity contribution < 1.29 is 9.47 Å². The Labute approximate surface area is 49.8 Å². The second-order valence-electron chi connectivity index (χ2n) is 2.29. The molecule has 0 amide bonds. The summed E-state index contributed by atoms with van der Waals surface area (Å²) >= 11 is 0. The van der Waals surface area contributed by atoms with Gasteiger partial charge in [0.15, 0.2) is 0 Å². The molecule has 0 aromatic carbocycles. The number of ether oxygens (including phenoxy) is 2. The average Bonchev–Trinajstić information content (AvgIpc) is 2.47. The standard InChI is InChI=1S/2C3H6O/c2*1-3-2-4-3/h2*3H,2H2,1H3. The van der Waals surface area contributed by atoms with E-state index in [1.807, 2.05) is 0 Å². The zero-order valence-electron chi connectivity index (χ0n) is 5.39. The summed E-state index contributed by atoms with van der Waals surface area (Å²) in [5, 5.41) is 0. The van der Waals surface area contributed by atoms with Crippen molar-refractivity contribution in [2.24, 2.45) is 0 Å². The van der Waals surface area contributed by atoms with Gasteiger partial charge in [0.2, 0.25) is 0 Å². The molecule has 0 aromatic heterocycles. The highest BCUT2D eigenvalue weighted by Crippen LogP contribution is 2.04. The first kappa shape index (κ1) is 6.05. The van der Waals surface area contributed by atoms with Crippen LogP contribution in [-0.4, -0.2) is 25.4 Å². The van der Waals surface area contributed by atoms with Gasteiger partial charge in [0.05, 0.1) is 25.4 Å². The van der Waals surface area contributed by atoms with Crippen molar-refractivity contribution >= 4 is 0 Å². The van der Waals surface area contributed by atoms with Gasteiger partial charge in [-0.15, -0.1) is 0 Å². The molecule has 2 fully saturated rings. The van der Waals surface area contributed by atoms with Gasteiger partial charge in [-0.05, 0) is 13.8 Å². The monoisotopic (exact) mass is 116 g/mol. The van der Waals surface area contributed by atoms with Crippen LogP contribution in [0.25, 0.3) is 0 Å². The Morgan fingerprint density at radius 2 is 1.12 bits per heavy atom. The van der Waals surface area contributed by atoms with E-state index >= 15 is 0 Å². The molecule has 0 aliphatic carbocycles. The summed E-state index contributed by atoms with van der Waals surface area (Å²) < 4.78 is 9.42. The molecule has 2 nitrogen and oxygen atoms in total. The van der Waals surface area contributed by atoms with E-state index in [9.17, 15) is 0 Å². The summed E-state index contributed by atoms with van der Waals surface area (Å²) in [7, 11) is 0. The average molecular weight is 116 g/mol. The maximum Gasteiger partial charge on any atom is 0.0781 e. The highest BCUT2D eigenvalue weighted by Gasteiger charge is 2.13. The first-order valence-electron chi connectivity index (χ1n) is 3.02. The maximum absolute atomic E-state index is 4.71. The summed E-state index contributed by atoms with van der Waals surface area (Å²) in [5.41, 5.74) is 0. The van der Waals surface area contributed by atoms with Crippen molar-refractivity contribution in [1.29, 1.82) is 0 Å². The van der Waals surface area contributed by atoms with Gasteiger partial charge in [-0.1, -0.05) is 0 Å². The summed E-state index contributed by atoms with van der Waals surface area (Å²) in [6, 6.07) is 0. The Hall–Kier alpha value is -0.0800. The molecule has 2 rings (SSSR count). The van der Waals surface area contributed by atoms with E-state index in [0.29, 0.717) is 12.2 Å². The summed E-state index contributed by atoms with van der Waals surface area (Å²) in [5.74, 6) is 0. The molecule has 2 atom stereocenters. The largest absolute Gasteiger partial charge is 0.373 e. The molecule has 0 aromatic rings. The third kappa shape index (κ3) is 4.09. The molecule has 0 spiro atoms. The first-order valence-corrected chi connectivity index (χ1v) is 3.02. The van der Waals surface area contributed by atoms with Crippen LogP contribution in [0, 0.1) is 0 Å². The van der Waals surface area contributed by atoms with E-state index < -0.39 is 0 Å². The third-order valence-electron chi connectivity index (χ3n) is 1.00. The van der Waals surface area contributed by atoms with Gasteiger partial charge in [-0.3, -0.25) is 0 Å². The van der Waals surface area contributed by atoms with Gasteiger partial charge in [-0.2, -0.15) is 0 Å². The van der Waals surface area contributed by atoms with Crippen molar-refractivity contribution in [3.63, 3.8) is 0 Å². The van der Waals surface area contributed by atoms with Gasteiger partial charge in [0.25, 0.3) is 0 Å². The van der Waals surface area contributed by atoms with Crippen molar-refractivity contribution in [3.05, 3.63) is 0 Å². The fourth-order valence-corrected chi connectivity index (χ4v) is 0.192. The van der Waals surface area contributed by atoms with E-state index in [1.54, 1.807) is 0 Å². The lowest BCUT2D eigenvalue weighted by Crippen LogP contribution is -1.60. The number of rotatable bonds is 0. The van der Waals surface area contributed by atoms with Gasteiger partial charge in [0.1, 0.15) is 0 Å². The van der Waals surface area contributed by atoms with Crippen LogP contribution >= 0.6 is 0 Å². The van der Waals surface area contributed by atoms with Crippen molar-refractivity contribution in [1.82, 2.24) is 0 Å². The van der Waals surface area contributed by atoms with Crippen LogP contribution in [0.2, 0.25) is 0 Å². The third-order valence-corrected chi connectivity index (χ3v) is 1.00. The second-order valence-corrected chi connectivity index (χ2v) is 2.29. The van der Waals surface area contributed by atoms with E-state index in [4.69, 9.17) is 9.47 Å². The molecule has 2 aliphatic rings. The van der Waals surface area contributed by atoms with Crippen molar-refractivity contribution in [2.45, 2.75) is 26.1 Å². The van der Waals surface area contributed by atoms with E-state index in [1.165, 1.54) is 0 Å². The number of epoxide rings is 2. The molecular formula is C6H12O2. The fraction of sp³-hybridized carbons (Fsp3) is 1.00. The van der Waals surface area contributed by atoms with Crippen LogP contribution in [0.4, 0.5) is 0 Å². The minimum atomic E-state index is 0.583. The molecular weight excluding hydrogens is 104 g/mol. The van der Waals surface area contributed by atoms with Crippen molar-refractivity contribution in [2.75, 3.05) is 13.2 Å². The van der Waals surface area contributed by atoms with Crippen LogP contribution in [0.1, 0.15) is 13.8 Å². The Kier molecular flexibility index (Phi) is 1.86. The highest BCUT2D eigenvalue weighted by molar-refractivity contribution is 4.58. The zero-order chi connectivity index (χ0) is 5.98. The van der Waals surface area contributed by atoms with E-state index in [-0.39, 0.29) is 0 Å². The lowest BCUT2D eigenvalue weighted by Gasteiger charge is -1.51. The molecule has 0 saturated carbocycles. The Balaban J connectivity index is 0.0000000800. The molecule has 2 heterocycles.